The first-order valence-corrected chi connectivity index (χ1v) is 5.59. The Bertz CT molecular complexity index is 353. The van der Waals surface area contributed by atoms with Crippen LogP contribution in [-0.4, -0.2) is 18.9 Å². The largest absolute Gasteiger partial charge is 0.316 e. The van der Waals surface area contributed by atoms with Gasteiger partial charge in [0.15, 0.2) is 5.78 Å². The number of ketones is 1. The first kappa shape index (κ1) is 10.4. The highest BCUT2D eigenvalue weighted by molar-refractivity contribution is 5.94. The highest BCUT2D eigenvalue weighted by Gasteiger charge is 2.15. The van der Waals surface area contributed by atoms with Gasteiger partial charge in [0.1, 0.15) is 0 Å². The maximum atomic E-state index is 11.3. The zero-order chi connectivity index (χ0) is 10.7. The van der Waals surface area contributed by atoms with E-state index in [1.165, 1.54) is 18.4 Å². The Labute approximate surface area is 90.7 Å². The van der Waals surface area contributed by atoms with Crippen molar-refractivity contribution in [1.82, 2.24) is 5.32 Å². The fraction of sp³-hybridized carbons (Fsp3) is 0.462. The van der Waals surface area contributed by atoms with Crippen LogP contribution >= 0.6 is 0 Å². The molecule has 0 saturated carbocycles. The van der Waals surface area contributed by atoms with E-state index in [1.54, 1.807) is 6.92 Å². The molecule has 1 fully saturated rings. The van der Waals surface area contributed by atoms with Crippen LogP contribution in [-0.2, 0) is 0 Å². The minimum Gasteiger partial charge on any atom is -0.316 e. The molecule has 0 aromatic heterocycles. The summed E-state index contributed by atoms with van der Waals surface area (Å²) >= 11 is 0. The van der Waals surface area contributed by atoms with Crippen LogP contribution in [0.25, 0.3) is 0 Å². The van der Waals surface area contributed by atoms with Gasteiger partial charge < -0.3 is 5.32 Å². The Morgan fingerprint density at radius 1 is 1.47 bits per heavy atom. The molecule has 0 spiro atoms. The van der Waals surface area contributed by atoms with Gasteiger partial charge in [0.2, 0.25) is 0 Å². The van der Waals surface area contributed by atoms with Crippen molar-refractivity contribution < 1.29 is 4.79 Å². The second-order valence-electron chi connectivity index (χ2n) is 4.22. The van der Waals surface area contributed by atoms with Crippen molar-refractivity contribution >= 4 is 5.78 Å². The standard InChI is InChI=1S/C13H17NO/c1-10(15)11-4-2-5-12(8-11)13-6-3-7-14-9-13/h2,4-5,8,13-14H,3,6-7,9H2,1H3. The van der Waals surface area contributed by atoms with Crippen molar-refractivity contribution in [2.45, 2.75) is 25.7 Å². The van der Waals surface area contributed by atoms with E-state index in [1.807, 2.05) is 18.2 Å². The van der Waals surface area contributed by atoms with Gasteiger partial charge in [-0.3, -0.25) is 4.79 Å². The second kappa shape index (κ2) is 4.58. The summed E-state index contributed by atoms with van der Waals surface area (Å²) in [6.07, 6.45) is 2.46. The maximum Gasteiger partial charge on any atom is 0.159 e. The molecule has 1 saturated heterocycles. The molecule has 2 heteroatoms. The molecule has 15 heavy (non-hydrogen) atoms. The molecule has 1 aliphatic heterocycles. The van der Waals surface area contributed by atoms with E-state index in [-0.39, 0.29) is 5.78 Å². The molecule has 80 valence electrons. The lowest BCUT2D eigenvalue weighted by atomic mass is 9.90. The highest BCUT2D eigenvalue weighted by Crippen LogP contribution is 2.23. The molecule has 1 aromatic rings. The van der Waals surface area contributed by atoms with Crippen LogP contribution in [0.5, 0.6) is 0 Å². The number of nitrogens with one attached hydrogen (secondary N) is 1. The summed E-state index contributed by atoms with van der Waals surface area (Å²) in [5.74, 6) is 0.735. The topological polar surface area (TPSA) is 29.1 Å². The molecule has 0 amide bonds. The van der Waals surface area contributed by atoms with Crippen LogP contribution in [0.1, 0.15) is 41.6 Å². The first-order valence-electron chi connectivity index (χ1n) is 5.59. The molecule has 1 aromatic carbocycles. The smallest absolute Gasteiger partial charge is 0.159 e. The monoisotopic (exact) mass is 203 g/mol. The van der Waals surface area contributed by atoms with Crippen LogP contribution in [0.4, 0.5) is 0 Å². The number of hydrogen-bond acceptors (Lipinski definition) is 2. The number of benzene rings is 1. The normalized spacial score (nSPS) is 21.3. The quantitative estimate of drug-likeness (QED) is 0.748. The van der Waals surface area contributed by atoms with E-state index in [2.05, 4.69) is 11.4 Å². The van der Waals surface area contributed by atoms with Gasteiger partial charge in [-0.2, -0.15) is 0 Å². The lowest BCUT2D eigenvalue weighted by Crippen LogP contribution is -2.28. The highest BCUT2D eigenvalue weighted by atomic mass is 16.1. The maximum absolute atomic E-state index is 11.3. The van der Waals surface area contributed by atoms with Gasteiger partial charge in [0.25, 0.3) is 0 Å². The van der Waals surface area contributed by atoms with Crippen molar-refractivity contribution in [3.05, 3.63) is 35.4 Å². The van der Waals surface area contributed by atoms with Gasteiger partial charge in [-0.05, 0) is 43.9 Å². The number of Topliss-reactive ketones (excluding diaryl/α,β-unsaturated/α-hetero) is 1. The number of hydrogen-bond donors (Lipinski definition) is 1. The zero-order valence-electron chi connectivity index (χ0n) is 9.12. The number of rotatable bonds is 2. The summed E-state index contributed by atoms with van der Waals surface area (Å²) in [7, 11) is 0. The summed E-state index contributed by atoms with van der Waals surface area (Å²) in [4.78, 5) is 11.3. The second-order valence-corrected chi connectivity index (χ2v) is 4.22. The van der Waals surface area contributed by atoms with Gasteiger partial charge in [0, 0.05) is 12.1 Å². The Morgan fingerprint density at radius 3 is 3.00 bits per heavy atom. The Balaban J connectivity index is 2.19. The van der Waals surface area contributed by atoms with Crippen molar-refractivity contribution in [3.8, 4) is 0 Å². The molecule has 0 bridgehead atoms. The van der Waals surface area contributed by atoms with Gasteiger partial charge in [-0.15, -0.1) is 0 Å². The predicted molar refractivity (Wildman–Crippen MR) is 61.3 cm³/mol. The molecule has 2 nitrogen and oxygen atoms in total. The summed E-state index contributed by atoms with van der Waals surface area (Å²) in [6, 6.07) is 8.05. The number of carbonyl (C=O) groups is 1. The van der Waals surface area contributed by atoms with Crippen molar-refractivity contribution in [2.75, 3.05) is 13.1 Å². The summed E-state index contributed by atoms with van der Waals surface area (Å²) in [5.41, 5.74) is 2.13. The third-order valence-electron chi connectivity index (χ3n) is 3.06. The van der Waals surface area contributed by atoms with Crippen LogP contribution in [0.2, 0.25) is 0 Å². The molecule has 1 N–H and O–H groups in total. The molecule has 1 heterocycles. The zero-order valence-corrected chi connectivity index (χ0v) is 9.12. The van der Waals surface area contributed by atoms with Crippen molar-refractivity contribution in [1.29, 1.82) is 0 Å². The lowest BCUT2D eigenvalue weighted by molar-refractivity contribution is 0.101. The van der Waals surface area contributed by atoms with Gasteiger partial charge in [-0.25, -0.2) is 0 Å². The third-order valence-corrected chi connectivity index (χ3v) is 3.06. The van der Waals surface area contributed by atoms with Crippen molar-refractivity contribution in [2.24, 2.45) is 0 Å². The average Bonchev–Trinajstić information content (AvgIpc) is 2.30. The number of carbonyl (C=O) groups excluding carboxylic acids is 1. The summed E-state index contributed by atoms with van der Waals surface area (Å²) < 4.78 is 0. The minimum atomic E-state index is 0.153. The molecule has 1 aliphatic rings. The molecule has 0 aliphatic carbocycles. The van der Waals surface area contributed by atoms with E-state index in [4.69, 9.17) is 0 Å². The van der Waals surface area contributed by atoms with Crippen molar-refractivity contribution in [3.63, 3.8) is 0 Å². The first-order chi connectivity index (χ1) is 7.27. The molecular formula is C13H17NO. The lowest BCUT2D eigenvalue weighted by Gasteiger charge is -2.23. The van der Waals surface area contributed by atoms with Crippen LogP contribution in [0, 0.1) is 0 Å². The van der Waals surface area contributed by atoms with Crippen LogP contribution < -0.4 is 5.32 Å². The van der Waals surface area contributed by atoms with E-state index in [9.17, 15) is 4.79 Å². The Hall–Kier alpha value is -1.15. The van der Waals surface area contributed by atoms with Gasteiger partial charge in [0.05, 0.1) is 0 Å². The fourth-order valence-corrected chi connectivity index (χ4v) is 2.15. The fourth-order valence-electron chi connectivity index (χ4n) is 2.15. The molecule has 0 radical (unpaired) electrons. The van der Waals surface area contributed by atoms with E-state index >= 15 is 0 Å². The molecule has 1 unspecified atom stereocenters. The van der Waals surface area contributed by atoms with Crippen LogP contribution in [0.15, 0.2) is 24.3 Å². The average molecular weight is 203 g/mol. The van der Waals surface area contributed by atoms with Gasteiger partial charge in [-0.1, -0.05) is 18.2 Å². The number of piperidine rings is 1. The van der Waals surface area contributed by atoms with E-state index < -0.39 is 0 Å². The molecule has 2 rings (SSSR count). The minimum absolute atomic E-state index is 0.153. The Kier molecular flexibility index (Phi) is 3.17. The van der Waals surface area contributed by atoms with E-state index in [0.29, 0.717) is 5.92 Å². The third kappa shape index (κ3) is 2.45. The predicted octanol–water partition coefficient (Wildman–Crippen LogP) is 2.36. The summed E-state index contributed by atoms with van der Waals surface area (Å²) in [6.45, 7) is 3.79. The summed E-state index contributed by atoms with van der Waals surface area (Å²) in [5, 5.41) is 3.40. The van der Waals surface area contributed by atoms with E-state index in [0.717, 1.165) is 18.7 Å². The van der Waals surface area contributed by atoms with Crippen LogP contribution in [0.3, 0.4) is 0 Å². The molecule has 1 atom stereocenters. The SMILES string of the molecule is CC(=O)c1cccc(C2CCCNC2)c1. The Morgan fingerprint density at radius 2 is 2.33 bits per heavy atom. The van der Waals surface area contributed by atoms with Gasteiger partial charge >= 0.3 is 0 Å². The molecular weight excluding hydrogens is 186 g/mol.